The summed E-state index contributed by atoms with van der Waals surface area (Å²) in [6, 6.07) is 9.92. The van der Waals surface area contributed by atoms with Crippen LogP contribution >= 0.6 is 23.2 Å². The Morgan fingerprint density at radius 1 is 0.962 bits per heavy atom. The van der Waals surface area contributed by atoms with E-state index in [2.05, 4.69) is 10.6 Å². The van der Waals surface area contributed by atoms with Gasteiger partial charge in [-0.25, -0.2) is 0 Å². The minimum absolute atomic E-state index is 0.103. The summed E-state index contributed by atoms with van der Waals surface area (Å²) in [7, 11) is 3.06. The van der Waals surface area contributed by atoms with Crippen molar-refractivity contribution in [1.82, 2.24) is 5.32 Å². The summed E-state index contributed by atoms with van der Waals surface area (Å²) in [4.78, 5) is 24.0. The van der Waals surface area contributed by atoms with Crippen LogP contribution in [0.5, 0.6) is 11.5 Å². The van der Waals surface area contributed by atoms with E-state index in [0.29, 0.717) is 27.2 Å². The third kappa shape index (κ3) is 5.54. The predicted octanol–water partition coefficient (Wildman–Crippen LogP) is 3.31. The highest BCUT2D eigenvalue weighted by Crippen LogP contribution is 2.27. The molecule has 0 bridgehead atoms. The number of anilines is 1. The smallest absolute Gasteiger partial charge is 0.243 e. The van der Waals surface area contributed by atoms with Gasteiger partial charge in [0.05, 0.1) is 37.9 Å². The van der Waals surface area contributed by atoms with Gasteiger partial charge in [0.25, 0.3) is 0 Å². The van der Waals surface area contributed by atoms with Gasteiger partial charge in [0.15, 0.2) is 11.5 Å². The molecule has 0 heterocycles. The number of methoxy groups -OCH3 is 2. The van der Waals surface area contributed by atoms with Crippen LogP contribution in [0.2, 0.25) is 10.0 Å². The first-order valence-electron chi connectivity index (χ1n) is 7.65. The molecule has 0 aliphatic rings. The van der Waals surface area contributed by atoms with E-state index < -0.39 is 5.91 Å². The Bertz CT molecular complexity index is 812. The SMILES string of the molecule is COc1ccc(CC(=O)NCC(=O)Nc2cc(Cl)ccc2Cl)cc1OC. The monoisotopic (exact) mass is 396 g/mol. The number of hydrogen-bond acceptors (Lipinski definition) is 4. The maximum Gasteiger partial charge on any atom is 0.243 e. The molecule has 0 fully saturated rings. The van der Waals surface area contributed by atoms with E-state index in [9.17, 15) is 9.59 Å². The molecule has 2 amide bonds. The van der Waals surface area contributed by atoms with E-state index in [-0.39, 0.29) is 18.9 Å². The van der Waals surface area contributed by atoms with Gasteiger partial charge < -0.3 is 20.1 Å². The number of carbonyl (C=O) groups excluding carboxylic acids is 2. The van der Waals surface area contributed by atoms with Crippen LogP contribution in [0, 0.1) is 0 Å². The summed E-state index contributed by atoms with van der Waals surface area (Å²) in [5.41, 5.74) is 1.12. The largest absolute Gasteiger partial charge is 0.493 e. The molecular formula is C18H18Cl2N2O4. The number of rotatable bonds is 7. The minimum atomic E-state index is -0.408. The van der Waals surface area contributed by atoms with Crippen LogP contribution in [-0.2, 0) is 16.0 Å². The molecule has 138 valence electrons. The fourth-order valence-corrected chi connectivity index (χ4v) is 2.54. The first-order chi connectivity index (χ1) is 12.4. The zero-order valence-corrected chi connectivity index (χ0v) is 15.8. The topological polar surface area (TPSA) is 76.7 Å². The van der Waals surface area contributed by atoms with Crippen molar-refractivity contribution in [3.63, 3.8) is 0 Å². The van der Waals surface area contributed by atoms with Crippen molar-refractivity contribution in [3.05, 3.63) is 52.0 Å². The molecule has 0 saturated carbocycles. The average Bonchev–Trinajstić information content (AvgIpc) is 2.63. The number of halogens is 2. The second kappa shape index (κ2) is 9.31. The fraction of sp³-hybridized carbons (Fsp3) is 0.222. The molecule has 0 atom stereocenters. The molecule has 6 nitrogen and oxygen atoms in total. The van der Waals surface area contributed by atoms with Crippen molar-refractivity contribution in [2.24, 2.45) is 0 Å². The molecule has 2 aromatic carbocycles. The molecule has 2 rings (SSSR count). The number of nitrogens with one attached hydrogen (secondary N) is 2. The van der Waals surface area contributed by atoms with Crippen molar-refractivity contribution in [1.29, 1.82) is 0 Å². The Hall–Kier alpha value is -2.44. The number of benzene rings is 2. The van der Waals surface area contributed by atoms with E-state index in [1.807, 2.05) is 0 Å². The summed E-state index contributed by atoms with van der Waals surface area (Å²) in [6.07, 6.45) is 0.103. The average molecular weight is 397 g/mol. The third-order valence-electron chi connectivity index (χ3n) is 3.46. The van der Waals surface area contributed by atoms with E-state index in [0.717, 1.165) is 5.56 Å². The number of hydrogen-bond donors (Lipinski definition) is 2. The molecule has 8 heteroatoms. The molecule has 26 heavy (non-hydrogen) atoms. The maximum absolute atomic E-state index is 12.0. The van der Waals surface area contributed by atoms with Gasteiger partial charge in [0, 0.05) is 5.02 Å². The lowest BCUT2D eigenvalue weighted by molar-refractivity contribution is -0.123. The van der Waals surface area contributed by atoms with E-state index in [4.69, 9.17) is 32.7 Å². The van der Waals surface area contributed by atoms with Crippen molar-refractivity contribution < 1.29 is 19.1 Å². The van der Waals surface area contributed by atoms with Gasteiger partial charge in [-0.2, -0.15) is 0 Å². The number of amides is 2. The molecular weight excluding hydrogens is 379 g/mol. The van der Waals surface area contributed by atoms with E-state index in [1.165, 1.54) is 20.3 Å². The van der Waals surface area contributed by atoms with Crippen LogP contribution < -0.4 is 20.1 Å². The molecule has 2 N–H and O–H groups in total. The van der Waals surface area contributed by atoms with Crippen LogP contribution in [0.4, 0.5) is 5.69 Å². The lowest BCUT2D eigenvalue weighted by atomic mass is 10.1. The molecule has 0 aliphatic carbocycles. The summed E-state index contributed by atoms with van der Waals surface area (Å²) in [6.45, 7) is -0.186. The van der Waals surface area contributed by atoms with Crippen LogP contribution in [0.15, 0.2) is 36.4 Å². The Morgan fingerprint density at radius 2 is 1.69 bits per heavy atom. The second-order valence-electron chi connectivity index (χ2n) is 5.32. The molecule has 2 aromatic rings. The summed E-state index contributed by atoms with van der Waals surface area (Å²) < 4.78 is 10.4. The Morgan fingerprint density at radius 3 is 2.38 bits per heavy atom. The second-order valence-corrected chi connectivity index (χ2v) is 6.16. The van der Waals surface area contributed by atoms with Crippen molar-refractivity contribution in [2.45, 2.75) is 6.42 Å². The molecule has 0 unspecified atom stereocenters. The zero-order chi connectivity index (χ0) is 19.1. The molecule has 0 radical (unpaired) electrons. The lowest BCUT2D eigenvalue weighted by Crippen LogP contribution is -2.33. The van der Waals surface area contributed by atoms with Gasteiger partial charge in [-0.05, 0) is 35.9 Å². The Kier molecular flexibility index (Phi) is 7.12. The first kappa shape index (κ1) is 19.9. The highest BCUT2D eigenvalue weighted by atomic mass is 35.5. The number of ether oxygens (including phenoxy) is 2. The van der Waals surface area contributed by atoms with Crippen molar-refractivity contribution in [3.8, 4) is 11.5 Å². The van der Waals surface area contributed by atoms with Gasteiger partial charge in [-0.3, -0.25) is 9.59 Å². The Balaban J connectivity index is 1.88. The highest BCUT2D eigenvalue weighted by Gasteiger charge is 2.11. The minimum Gasteiger partial charge on any atom is -0.493 e. The first-order valence-corrected chi connectivity index (χ1v) is 8.41. The van der Waals surface area contributed by atoms with Gasteiger partial charge in [0.2, 0.25) is 11.8 Å². The van der Waals surface area contributed by atoms with Gasteiger partial charge in [-0.15, -0.1) is 0 Å². The van der Waals surface area contributed by atoms with Crippen LogP contribution in [-0.4, -0.2) is 32.6 Å². The summed E-state index contributed by atoms with van der Waals surface area (Å²) in [5.74, 6) is 0.403. The van der Waals surface area contributed by atoms with E-state index in [1.54, 1.807) is 30.3 Å². The normalized spacial score (nSPS) is 10.2. The fourth-order valence-electron chi connectivity index (χ4n) is 2.21. The zero-order valence-electron chi connectivity index (χ0n) is 14.3. The molecule has 0 spiro atoms. The third-order valence-corrected chi connectivity index (χ3v) is 4.03. The summed E-state index contributed by atoms with van der Waals surface area (Å²) in [5, 5.41) is 5.96. The summed E-state index contributed by atoms with van der Waals surface area (Å²) >= 11 is 11.8. The van der Waals surface area contributed by atoms with Gasteiger partial charge in [-0.1, -0.05) is 29.3 Å². The lowest BCUT2D eigenvalue weighted by Gasteiger charge is -2.10. The van der Waals surface area contributed by atoms with Crippen LogP contribution in [0.3, 0.4) is 0 Å². The highest BCUT2D eigenvalue weighted by molar-refractivity contribution is 6.35. The number of carbonyl (C=O) groups is 2. The quantitative estimate of drug-likeness (QED) is 0.752. The Labute approximate surface area is 161 Å². The standard InChI is InChI=1S/C18H18Cl2N2O4/c1-25-15-6-3-11(7-16(15)26-2)8-17(23)21-10-18(24)22-14-9-12(19)4-5-13(14)20/h3-7,9H,8,10H2,1-2H3,(H,21,23)(H,22,24). The molecule has 0 saturated heterocycles. The van der Waals surface area contributed by atoms with Gasteiger partial charge >= 0.3 is 0 Å². The van der Waals surface area contributed by atoms with Gasteiger partial charge in [0.1, 0.15) is 0 Å². The van der Waals surface area contributed by atoms with Crippen LogP contribution in [0.25, 0.3) is 0 Å². The van der Waals surface area contributed by atoms with Crippen molar-refractivity contribution >= 4 is 40.7 Å². The molecule has 0 aromatic heterocycles. The maximum atomic E-state index is 12.0. The molecule has 0 aliphatic heterocycles. The van der Waals surface area contributed by atoms with Crippen molar-refractivity contribution in [2.75, 3.05) is 26.1 Å². The van der Waals surface area contributed by atoms with Crippen LogP contribution in [0.1, 0.15) is 5.56 Å². The van der Waals surface area contributed by atoms with E-state index >= 15 is 0 Å². The predicted molar refractivity (Wildman–Crippen MR) is 101 cm³/mol.